The normalized spacial score (nSPS) is 19.3. The Bertz CT molecular complexity index is 1040. The van der Waals surface area contributed by atoms with E-state index in [1.54, 1.807) is 41.5 Å². The molecule has 0 radical (unpaired) electrons. The van der Waals surface area contributed by atoms with Crippen molar-refractivity contribution in [3.05, 3.63) is 29.3 Å². The smallest absolute Gasteiger partial charge is 0.534 e. The molecule has 1 aliphatic heterocycles. The molecule has 0 spiro atoms. The quantitative estimate of drug-likeness (QED) is 0.340. The van der Waals surface area contributed by atoms with E-state index >= 15 is 0 Å². The molecule has 0 saturated carbocycles. The van der Waals surface area contributed by atoms with Gasteiger partial charge in [0, 0.05) is 12.6 Å². The van der Waals surface area contributed by atoms with E-state index in [1.165, 1.54) is 14.0 Å². The Morgan fingerprint density at radius 2 is 1.57 bits per heavy atom. The molecule has 0 saturated heterocycles. The summed E-state index contributed by atoms with van der Waals surface area (Å²) in [5.74, 6) is -3.17. The third-order valence-electron chi connectivity index (χ3n) is 4.50. The van der Waals surface area contributed by atoms with Gasteiger partial charge in [0.05, 0.1) is 0 Å². The number of hydroxylamine groups is 2. The number of rotatable bonds is 3. The molecule has 1 aromatic rings. The molecule has 1 heterocycles. The van der Waals surface area contributed by atoms with Crippen LogP contribution in [0.2, 0.25) is 0 Å². The van der Waals surface area contributed by atoms with Crippen LogP contribution in [-0.2, 0) is 30.3 Å². The molecule has 2 rings (SSSR count). The summed E-state index contributed by atoms with van der Waals surface area (Å²) in [5.41, 5.74) is -4.87. The number of likely N-dealkylation sites (N-methyl/N-ethyl adjacent to an activating group) is 1. The maximum Gasteiger partial charge on any atom is 0.534 e. The zero-order valence-corrected chi connectivity index (χ0v) is 21.8. The molecule has 0 aliphatic carbocycles. The zero-order valence-electron chi connectivity index (χ0n) is 21.0. The number of carbonyl (C=O) groups excluding carboxylic acids is 3. The van der Waals surface area contributed by atoms with Crippen molar-refractivity contribution in [2.45, 2.75) is 70.1 Å². The standard InChI is InChI=1S/C22H29F2N3O7S/c1-20(2,3)32-18(29)27(34-19(30)33-21(4,5)6)22(7)16(25-26(8)17(22)28)12-10-13(23)15(35(9)31)14(24)11-12/h10-11H,1-9H3. The van der Waals surface area contributed by atoms with E-state index in [9.17, 15) is 27.7 Å². The zero-order chi connectivity index (χ0) is 27.1. The average molecular weight is 518 g/mol. The number of carbonyl (C=O) groups is 3. The van der Waals surface area contributed by atoms with E-state index in [0.717, 1.165) is 23.4 Å². The second-order valence-corrected chi connectivity index (χ2v) is 11.2. The molecule has 2 unspecified atom stereocenters. The first-order valence-electron chi connectivity index (χ1n) is 10.4. The predicted octanol–water partition coefficient (Wildman–Crippen LogP) is 3.74. The Hall–Kier alpha value is -2.93. The molecule has 1 aliphatic rings. The van der Waals surface area contributed by atoms with Crippen molar-refractivity contribution in [2.24, 2.45) is 5.10 Å². The fourth-order valence-electron chi connectivity index (χ4n) is 3.16. The predicted molar refractivity (Wildman–Crippen MR) is 122 cm³/mol. The van der Waals surface area contributed by atoms with Crippen molar-refractivity contribution in [1.82, 2.24) is 10.1 Å². The Labute approximate surface area is 205 Å². The number of amides is 2. The van der Waals surface area contributed by atoms with Crippen LogP contribution < -0.4 is 0 Å². The van der Waals surface area contributed by atoms with Gasteiger partial charge in [-0.05, 0) is 71.8 Å². The molecule has 13 heteroatoms. The molecule has 0 fully saturated rings. The van der Waals surface area contributed by atoms with Gasteiger partial charge in [-0.15, -0.1) is 5.06 Å². The number of ether oxygens (including phenoxy) is 2. The summed E-state index contributed by atoms with van der Waals surface area (Å²) in [7, 11) is 1.25. The summed E-state index contributed by atoms with van der Waals surface area (Å²) in [6.07, 6.45) is -1.48. The van der Waals surface area contributed by atoms with Crippen LogP contribution >= 0.6 is 0 Å². The monoisotopic (exact) mass is 517 g/mol. The maximum atomic E-state index is 14.6. The number of hydrogen-bond acceptors (Lipinski definition) is 8. The summed E-state index contributed by atoms with van der Waals surface area (Å²) < 4.78 is 51.4. The lowest BCUT2D eigenvalue weighted by Crippen LogP contribution is -2.61. The Morgan fingerprint density at radius 3 is 2.00 bits per heavy atom. The van der Waals surface area contributed by atoms with E-state index in [2.05, 4.69) is 5.10 Å². The minimum absolute atomic E-state index is 0.254. The Morgan fingerprint density at radius 1 is 1.09 bits per heavy atom. The van der Waals surface area contributed by atoms with Crippen LogP contribution in [-0.4, -0.2) is 68.5 Å². The van der Waals surface area contributed by atoms with Gasteiger partial charge in [-0.25, -0.2) is 23.4 Å². The fourth-order valence-corrected chi connectivity index (χ4v) is 3.83. The molecule has 2 atom stereocenters. The first-order chi connectivity index (χ1) is 15.8. The van der Waals surface area contributed by atoms with Gasteiger partial charge in [-0.3, -0.25) is 9.63 Å². The summed E-state index contributed by atoms with van der Waals surface area (Å²) >= 11 is -1.98. The first kappa shape index (κ1) is 28.3. The van der Waals surface area contributed by atoms with Crippen molar-refractivity contribution >= 4 is 35.0 Å². The van der Waals surface area contributed by atoms with Gasteiger partial charge < -0.3 is 14.0 Å². The molecule has 10 nitrogen and oxygen atoms in total. The van der Waals surface area contributed by atoms with Crippen LogP contribution in [0.4, 0.5) is 18.4 Å². The SMILES string of the molecule is CN1N=C(c2cc(F)c([S+](C)[O-])c(F)c2)C(C)(N(OC(=O)OC(C)(C)C)C(=O)OC(C)(C)C)C1=O. The van der Waals surface area contributed by atoms with Crippen molar-refractivity contribution in [1.29, 1.82) is 0 Å². The van der Waals surface area contributed by atoms with Crippen LogP contribution in [0, 0.1) is 11.6 Å². The minimum atomic E-state index is -2.21. The summed E-state index contributed by atoms with van der Waals surface area (Å²) in [6, 6.07) is 1.65. The van der Waals surface area contributed by atoms with E-state index in [4.69, 9.17) is 14.3 Å². The summed E-state index contributed by atoms with van der Waals surface area (Å²) in [6.45, 7) is 10.5. The number of benzene rings is 1. The van der Waals surface area contributed by atoms with Crippen molar-refractivity contribution in [2.75, 3.05) is 13.3 Å². The largest absolute Gasteiger partial charge is 0.611 e. The Kier molecular flexibility index (Phi) is 7.77. The molecule has 35 heavy (non-hydrogen) atoms. The molecule has 0 aromatic heterocycles. The van der Waals surface area contributed by atoms with Crippen LogP contribution in [0.1, 0.15) is 54.0 Å². The lowest BCUT2D eigenvalue weighted by atomic mass is 9.89. The number of hydrogen-bond donors (Lipinski definition) is 0. The highest BCUT2D eigenvalue weighted by molar-refractivity contribution is 7.90. The van der Waals surface area contributed by atoms with E-state index in [-0.39, 0.29) is 11.3 Å². The average Bonchev–Trinajstić information content (AvgIpc) is 2.87. The second-order valence-electron chi connectivity index (χ2n) is 9.90. The summed E-state index contributed by atoms with van der Waals surface area (Å²) in [5, 5.41) is 5.20. The van der Waals surface area contributed by atoms with E-state index in [1.807, 2.05) is 0 Å². The third kappa shape index (κ3) is 6.20. The fraction of sp³-hybridized carbons (Fsp3) is 0.545. The minimum Gasteiger partial charge on any atom is -0.611 e. The van der Waals surface area contributed by atoms with Gasteiger partial charge in [0.2, 0.25) is 10.4 Å². The second kappa shape index (κ2) is 9.61. The molecule has 2 amide bonds. The van der Waals surface area contributed by atoms with Crippen LogP contribution in [0.25, 0.3) is 0 Å². The molecule has 0 N–H and O–H groups in total. The highest BCUT2D eigenvalue weighted by Gasteiger charge is 2.57. The molecular formula is C22H29F2N3O7S. The number of halogens is 2. The lowest BCUT2D eigenvalue weighted by molar-refractivity contribution is -0.176. The first-order valence-corrected chi connectivity index (χ1v) is 12.0. The Balaban J connectivity index is 2.66. The maximum absolute atomic E-state index is 14.6. The van der Waals surface area contributed by atoms with Gasteiger partial charge in [-0.2, -0.15) is 5.10 Å². The third-order valence-corrected chi connectivity index (χ3v) is 5.47. The van der Waals surface area contributed by atoms with Gasteiger partial charge in [-0.1, -0.05) is 0 Å². The molecular weight excluding hydrogens is 488 g/mol. The molecule has 0 bridgehead atoms. The van der Waals surface area contributed by atoms with Crippen LogP contribution in [0.5, 0.6) is 0 Å². The van der Waals surface area contributed by atoms with Gasteiger partial charge in [0.1, 0.15) is 23.2 Å². The number of nitrogens with zero attached hydrogens (tertiary/aromatic N) is 3. The van der Waals surface area contributed by atoms with E-state index < -0.39 is 62.6 Å². The highest BCUT2D eigenvalue weighted by Crippen LogP contribution is 2.34. The summed E-state index contributed by atoms with van der Waals surface area (Å²) in [4.78, 5) is 43.3. The van der Waals surface area contributed by atoms with Crippen molar-refractivity contribution in [3.8, 4) is 0 Å². The molecule has 1 aromatic carbocycles. The molecule has 194 valence electrons. The van der Waals surface area contributed by atoms with Crippen LogP contribution in [0.3, 0.4) is 0 Å². The van der Waals surface area contributed by atoms with Crippen molar-refractivity contribution < 1.29 is 42.0 Å². The van der Waals surface area contributed by atoms with E-state index in [0.29, 0.717) is 5.06 Å². The van der Waals surface area contributed by atoms with Crippen molar-refractivity contribution in [3.63, 3.8) is 0 Å². The van der Waals surface area contributed by atoms with Gasteiger partial charge in [0.15, 0.2) is 11.6 Å². The highest BCUT2D eigenvalue weighted by atomic mass is 32.2. The van der Waals surface area contributed by atoms with Gasteiger partial charge >= 0.3 is 12.2 Å². The lowest BCUT2D eigenvalue weighted by Gasteiger charge is -2.36. The topological polar surface area (TPSA) is 121 Å². The van der Waals surface area contributed by atoms with Crippen LogP contribution in [0.15, 0.2) is 22.1 Å². The number of hydrazone groups is 1. The van der Waals surface area contributed by atoms with Gasteiger partial charge in [0.25, 0.3) is 5.91 Å².